The lowest BCUT2D eigenvalue weighted by Crippen LogP contribution is -2.25. The summed E-state index contributed by atoms with van der Waals surface area (Å²) in [5.74, 6) is 0.329. The third-order valence-electron chi connectivity index (χ3n) is 3.68. The predicted octanol–water partition coefficient (Wildman–Crippen LogP) is 3.08. The summed E-state index contributed by atoms with van der Waals surface area (Å²) in [7, 11) is 0. The van der Waals surface area contributed by atoms with Gasteiger partial charge in [0.2, 0.25) is 5.91 Å². The highest BCUT2D eigenvalue weighted by atomic mass is 16.2. The quantitative estimate of drug-likeness (QED) is 0.817. The molecule has 1 aliphatic rings. The van der Waals surface area contributed by atoms with Gasteiger partial charge in [-0.3, -0.25) is 4.79 Å². The van der Waals surface area contributed by atoms with Crippen LogP contribution in [0.1, 0.15) is 38.2 Å². The summed E-state index contributed by atoms with van der Waals surface area (Å²) in [4.78, 5) is 13.8. The van der Waals surface area contributed by atoms with E-state index < -0.39 is 0 Å². The summed E-state index contributed by atoms with van der Waals surface area (Å²) >= 11 is 0. The molecule has 2 rings (SSSR count). The molecule has 1 heterocycles. The molecule has 18 heavy (non-hydrogen) atoms. The van der Waals surface area contributed by atoms with E-state index in [-0.39, 0.29) is 11.8 Å². The van der Waals surface area contributed by atoms with Gasteiger partial charge in [-0.25, -0.2) is 0 Å². The highest BCUT2D eigenvalue weighted by Crippen LogP contribution is 2.33. The second kappa shape index (κ2) is 5.22. The summed E-state index contributed by atoms with van der Waals surface area (Å²) in [6.45, 7) is 4.84. The number of hydrogen-bond acceptors (Lipinski definition) is 2. The van der Waals surface area contributed by atoms with Gasteiger partial charge in [0.25, 0.3) is 0 Å². The van der Waals surface area contributed by atoms with Gasteiger partial charge in [-0.2, -0.15) is 5.26 Å². The number of carbonyl (C=O) groups is 1. The van der Waals surface area contributed by atoms with Crippen LogP contribution in [-0.2, 0) is 4.79 Å². The minimum atomic E-state index is -0.164. The maximum atomic E-state index is 12.0. The van der Waals surface area contributed by atoms with Crippen LogP contribution in [0.25, 0.3) is 0 Å². The average Bonchev–Trinajstić information content (AvgIpc) is 2.79. The van der Waals surface area contributed by atoms with Gasteiger partial charge in [-0.15, -0.1) is 0 Å². The molecule has 1 aromatic carbocycles. The Kier molecular flexibility index (Phi) is 3.66. The van der Waals surface area contributed by atoms with Gasteiger partial charge in [-0.05, 0) is 24.0 Å². The maximum Gasteiger partial charge on any atom is 0.228 e. The van der Waals surface area contributed by atoms with E-state index in [1.54, 1.807) is 4.90 Å². The molecule has 1 saturated heterocycles. The first-order valence-corrected chi connectivity index (χ1v) is 6.46. The lowest BCUT2D eigenvalue weighted by Gasteiger charge is -2.22. The Morgan fingerprint density at radius 2 is 2.22 bits per heavy atom. The van der Waals surface area contributed by atoms with E-state index in [4.69, 9.17) is 5.26 Å². The monoisotopic (exact) mass is 242 g/mol. The zero-order chi connectivity index (χ0) is 13.1. The molecule has 1 fully saturated rings. The smallest absolute Gasteiger partial charge is 0.228 e. The van der Waals surface area contributed by atoms with Crippen LogP contribution in [-0.4, -0.2) is 12.5 Å². The fraction of sp³-hybridized carbons (Fsp3) is 0.467. The standard InChI is InChI=1S/C15H18N2O/c1-3-11(2)13-6-4-5-7-14(13)17-10-12(9-16)8-15(17)18/h4-7,11-12H,3,8,10H2,1-2H3. The first-order chi connectivity index (χ1) is 8.67. The van der Waals surface area contributed by atoms with Crippen LogP contribution in [0.3, 0.4) is 0 Å². The number of carbonyl (C=O) groups excluding carboxylic acids is 1. The van der Waals surface area contributed by atoms with Crippen molar-refractivity contribution in [2.24, 2.45) is 5.92 Å². The molecular formula is C15H18N2O. The number of nitrogens with zero attached hydrogens (tertiary/aromatic N) is 2. The van der Waals surface area contributed by atoms with Gasteiger partial charge < -0.3 is 4.90 Å². The molecule has 0 spiro atoms. The number of benzene rings is 1. The maximum absolute atomic E-state index is 12.0. The molecule has 2 atom stereocenters. The normalized spacial score (nSPS) is 20.8. The van der Waals surface area contributed by atoms with Gasteiger partial charge >= 0.3 is 0 Å². The molecule has 2 unspecified atom stereocenters. The molecule has 1 aliphatic heterocycles. The van der Waals surface area contributed by atoms with E-state index >= 15 is 0 Å². The average molecular weight is 242 g/mol. The minimum Gasteiger partial charge on any atom is -0.311 e. The van der Waals surface area contributed by atoms with Crippen LogP contribution in [0.5, 0.6) is 0 Å². The number of rotatable bonds is 3. The van der Waals surface area contributed by atoms with E-state index in [0.717, 1.165) is 12.1 Å². The van der Waals surface area contributed by atoms with E-state index in [1.165, 1.54) is 5.56 Å². The van der Waals surface area contributed by atoms with Crippen molar-refractivity contribution in [2.75, 3.05) is 11.4 Å². The fourth-order valence-electron chi connectivity index (χ4n) is 2.40. The summed E-state index contributed by atoms with van der Waals surface area (Å²) in [5, 5.41) is 8.94. The van der Waals surface area contributed by atoms with E-state index in [0.29, 0.717) is 18.9 Å². The van der Waals surface area contributed by atoms with Crippen LogP contribution in [0.2, 0.25) is 0 Å². The van der Waals surface area contributed by atoms with Crippen LogP contribution in [0.15, 0.2) is 24.3 Å². The van der Waals surface area contributed by atoms with E-state index in [2.05, 4.69) is 26.0 Å². The molecule has 3 heteroatoms. The second-order valence-electron chi connectivity index (χ2n) is 4.90. The van der Waals surface area contributed by atoms with E-state index in [9.17, 15) is 4.79 Å². The van der Waals surface area contributed by atoms with Gasteiger partial charge in [0.15, 0.2) is 0 Å². The van der Waals surface area contributed by atoms with Crippen molar-refractivity contribution in [2.45, 2.75) is 32.6 Å². The first-order valence-electron chi connectivity index (χ1n) is 6.46. The SMILES string of the molecule is CCC(C)c1ccccc1N1CC(C#N)CC1=O. The third kappa shape index (κ3) is 2.24. The van der Waals surface area contributed by atoms with Crippen LogP contribution in [0.4, 0.5) is 5.69 Å². The molecule has 1 amide bonds. The van der Waals surface area contributed by atoms with Crippen molar-refractivity contribution in [3.63, 3.8) is 0 Å². The van der Waals surface area contributed by atoms with Gasteiger partial charge in [0.05, 0.1) is 12.0 Å². The highest BCUT2D eigenvalue weighted by Gasteiger charge is 2.31. The third-order valence-corrected chi connectivity index (χ3v) is 3.68. The molecule has 0 N–H and O–H groups in total. The minimum absolute atomic E-state index is 0.0669. The lowest BCUT2D eigenvalue weighted by atomic mass is 9.96. The molecule has 1 aromatic rings. The lowest BCUT2D eigenvalue weighted by molar-refractivity contribution is -0.117. The Morgan fingerprint density at radius 3 is 2.83 bits per heavy atom. The molecule has 0 bridgehead atoms. The fourth-order valence-corrected chi connectivity index (χ4v) is 2.40. The number of anilines is 1. The molecular weight excluding hydrogens is 224 g/mol. The summed E-state index contributed by atoms with van der Waals surface area (Å²) in [5.41, 5.74) is 2.18. The Balaban J connectivity index is 2.34. The Hall–Kier alpha value is -1.82. The van der Waals surface area contributed by atoms with Gasteiger partial charge in [0, 0.05) is 18.7 Å². The molecule has 0 aromatic heterocycles. The molecule has 94 valence electrons. The largest absolute Gasteiger partial charge is 0.311 e. The number of nitriles is 1. The first kappa shape index (κ1) is 12.6. The van der Waals surface area contributed by atoms with Crippen LogP contribution < -0.4 is 4.90 Å². The second-order valence-corrected chi connectivity index (χ2v) is 4.90. The van der Waals surface area contributed by atoms with Gasteiger partial charge in [0.1, 0.15) is 0 Å². The summed E-state index contributed by atoms with van der Waals surface area (Å²) in [6.07, 6.45) is 1.39. The molecule has 0 saturated carbocycles. The van der Waals surface area contributed by atoms with Crippen molar-refractivity contribution in [3.05, 3.63) is 29.8 Å². The topological polar surface area (TPSA) is 44.1 Å². The number of para-hydroxylation sites is 1. The predicted molar refractivity (Wildman–Crippen MR) is 71.2 cm³/mol. The number of amides is 1. The molecule has 0 aliphatic carbocycles. The Morgan fingerprint density at radius 1 is 1.50 bits per heavy atom. The van der Waals surface area contributed by atoms with Crippen molar-refractivity contribution in [3.8, 4) is 6.07 Å². The van der Waals surface area contributed by atoms with Crippen molar-refractivity contribution >= 4 is 11.6 Å². The zero-order valence-electron chi connectivity index (χ0n) is 10.9. The highest BCUT2D eigenvalue weighted by molar-refractivity contribution is 5.96. The van der Waals surface area contributed by atoms with Crippen molar-refractivity contribution in [1.82, 2.24) is 0 Å². The molecule has 3 nitrogen and oxygen atoms in total. The zero-order valence-corrected chi connectivity index (χ0v) is 10.9. The number of hydrogen-bond donors (Lipinski definition) is 0. The van der Waals surface area contributed by atoms with Crippen LogP contribution >= 0.6 is 0 Å². The van der Waals surface area contributed by atoms with Crippen molar-refractivity contribution in [1.29, 1.82) is 5.26 Å². The summed E-state index contributed by atoms with van der Waals surface area (Å²) < 4.78 is 0. The summed E-state index contributed by atoms with van der Waals surface area (Å²) in [6, 6.07) is 10.2. The molecule has 0 radical (unpaired) electrons. The van der Waals surface area contributed by atoms with E-state index in [1.807, 2.05) is 18.2 Å². The Labute approximate surface area is 108 Å². The van der Waals surface area contributed by atoms with Crippen molar-refractivity contribution < 1.29 is 4.79 Å². The van der Waals surface area contributed by atoms with Gasteiger partial charge in [-0.1, -0.05) is 32.0 Å². The van der Waals surface area contributed by atoms with Crippen LogP contribution in [0, 0.1) is 17.2 Å². The Bertz CT molecular complexity index is 490.